The first-order chi connectivity index (χ1) is 9.81. The molecule has 0 radical (unpaired) electrons. The molecule has 4 heteroatoms. The summed E-state index contributed by atoms with van der Waals surface area (Å²) in [5.74, 6) is 0.801. The van der Waals surface area contributed by atoms with Gasteiger partial charge in [0.05, 0.1) is 17.6 Å². The second-order valence-corrected chi connectivity index (χ2v) is 5.59. The Bertz CT molecular complexity index is 510. The van der Waals surface area contributed by atoms with Gasteiger partial charge in [0.15, 0.2) is 0 Å². The van der Waals surface area contributed by atoms with Gasteiger partial charge in [0, 0.05) is 19.3 Å². The summed E-state index contributed by atoms with van der Waals surface area (Å²) in [6, 6.07) is 10.5. The van der Waals surface area contributed by atoms with Gasteiger partial charge in [0.1, 0.15) is 6.10 Å². The Morgan fingerprint density at radius 2 is 2.05 bits per heavy atom. The SMILES string of the molecule is NC1=NC(CC2CC(c3ccccc3)=NO2)CCCC1. The highest BCUT2D eigenvalue weighted by atomic mass is 16.6. The van der Waals surface area contributed by atoms with Crippen LogP contribution in [0, 0.1) is 0 Å². The highest BCUT2D eigenvalue weighted by Crippen LogP contribution is 2.24. The molecule has 2 unspecified atom stereocenters. The zero-order chi connectivity index (χ0) is 13.8. The Labute approximate surface area is 119 Å². The molecule has 0 saturated heterocycles. The van der Waals surface area contributed by atoms with E-state index in [4.69, 9.17) is 10.6 Å². The van der Waals surface area contributed by atoms with Crippen molar-refractivity contribution in [3.8, 4) is 0 Å². The third-order valence-electron chi connectivity index (χ3n) is 3.94. The molecule has 106 valence electrons. The van der Waals surface area contributed by atoms with Crippen molar-refractivity contribution in [2.75, 3.05) is 0 Å². The van der Waals surface area contributed by atoms with E-state index in [1.54, 1.807) is 0 Å². The first kappa shape index (κ1) is 13.2. The van der Waals surface area contributed by atoms with Crippen molar-refractivity contribution in [1.29, 1.82) is 0 Å². The summed E-state index contributed by atoms with van der Waals surface area (Å²) < 4.78 is 0. The summed E-state index contributed by atoms with van der Waals surface area (Å²) in [5, 5.41) is 4.23. The first-order valence-corrected chi connectivity index (χ1v) is 7.41. The molecule has 0 fully saturated rings. The van der Waals surface area contributed by atoms with E-state index in [9.17, 15) is 0 Å². The first-order valence-electron chi connectivity index (χ1n) is 7.41. The van der Waals surface area contributed by atoms with Crippen LogP contribution >= 0.6 is 0 Å². The summed E-state index contributed by atoms with van der Waals surface area (Å²) in [4.78, 5) is 10.2. The van der Waals surface area contributed by atoms with Crippen molar-refractivity contribution in [2.45, 2.75) is 50.7 Å². The summed E-state index contributed by atoms with van der Waals surface area (Å²) in [5.41, 5.74) is 8.09. The smallest absolute Gasteiger partial charge is 0.135 e. The van der Waals surface area contributed by atoms with Crippen molar-refractivity contribution < 1.29 is 4.84 Å². The zero-order valence-electron chi connectivity index (χ0n) is 11.7. The largest absolute Gasteiger partial charge is 0.392 e. The molecule has 0 saturated carbocycles. The number of hydrogen-bond donors (Lipinski definition) is 1. The van der Waals surface area contributed by atoms with Gasteiger partial charge < -0.3 is 10.6 Å². The van der Waals surface area contributed by atoms with E-state index in [1.807, 2.05) is 18.2 Å². The molecule has 3 rings (SSSR count). The standard InChI is InChI=1S/C16H21N3O/c17-16-9-5-4-8-13(18-16)10-14-11-15(19-20-14)12-6-2-1-3-7-12/h1-3,6-7,13-14H,4-5,8-11H2,(H2,17,18). The van der Waals surface area contributed by atoms with Gasteiger partial charge >= 0.3 is 0 Å². The Morgan fingerprint density at radius 3 is 2.90 bits per heavy atom. The molecule has 1 aromatic rings. The number of rotatable bonds is 3. The second kappa shape index (κ2) is 6.07. The molecule has 0 aliphatic carbocycles. The minimum absolute atomic E-state index is 0.143. The molecule has 20 heavy (non-hydrogen) atoms. The van der Waals surface area contributed by atoms with Crippen LogP contribution in [0.2, 0.25) is 0 Å². The molecule has 0 bridgehead atoms. The van der Waals surface area contributed by atoms with E-state index in [2.05, 4.69) is 22.3 Å². The molecule has 2 aliphatic rings. The maximum Gasteiger partial charge on any atom is 0.135 e. The van der Waals surface area contributed by atoms with Crippen LogP contribution in [0.25, 0.3) is 0 Å². The van der Waals surface area contributed by atoms with E-state index in [0.717, 1.165) is 49.2 Å². The summed E-state index contributed by atoms with van der Waals surface area (Å²) in [7, 11) is 0. The third-order valence-corrected chi connectivity index (χ3v) is 3.94. The molecule has 4 nitrogen and oxygen atoms in total. The maximum absolute atomic E-state index is 5.90. The minimum Gasteiger partial charge on any atom is -0.392 e. The number of nitrogens with zero attached hydrogens (tertiary/aromatic N) is 2. The van der Waals surface area contributed by atoms with Crippen LogP contribution in [0.4, 0.5) is 0 Å². The normalized spacial score (nSPS) is 26.4. The molecule has 0 spiro atoms. The van der Waals surface area contributed by atoms with Gasteiger partial charge in [0.25, 0.3) is 0 Å². The van der Waals surface area contributed by atoms with Gasteiger partial charge in [-0.3, -0.25) is 4.99 Å². The van der Waals surface area contributed by atoms with Gasteiger partial charge in [-0.05, 0) is 18.4 Å². The Balaban J connectivity index is 1.58. The number of oxime groups is 1. The fraction of sp³-hybridized carbons (Fsp3) is 0.500. The summed E-state index contributed by atoms with van der Waals surface area (Å²) in [6.07, 6.45) is 6.34. The Kier molecular flexibility index (Phi) is 4.00. The second-order valence-electron chi connectivity index (χ2n) is 5.59. The number of benzene rings is 1. The van der Waals surface area contributed by atoms with Gasteiger partial charge in [-0.2, -0.15) is 0 Å². The average molecular weight is 271 g/mol. The summed E-state index contributed by atoms with van der Waals surface area (Å²) >= 11 is 0. The fourth-order valence-electron chi connectivity index (χ4n) is 2.88. The van der Waals surface area contributed by atoms with Gasteiger partial charge in [-0.25, -0.2) is 0 Å². The van der Waals surface area contributed by atoms with Crippen molar-refractivity contribution in [1.82, 2.24) is 0 Å². The van der Waals surface area contributed by atoms with E-state index in [1.165, 1.54) is 6.42 Å². The van der Waals surface area contributed by atoms with E-state index in [-0.39, 0.29) is 6.10 Å². The van der Waals surface area contributed by atoms with Crippen LogP contribution in [0.15, 0.2) is 40.5 Å². The maximum atomic E-state index is 5.90. The predicted molar refractivity (Wildman–Crippen MR) is 81.0 cm³/mol. The van der Waals surface area contributed by atoms with Crippen molar-refractivity contribution in [3.05, 3.63) is 35.9 Å². The molecular weight excluding hydrogens is 250 g/mol. The molecular formula is C16H21N3O. The van der Waals surface area contributed by atoms with Gasteiger partial charge in [-0.15, -0.1) is 0 Å². The van der Waals surface area contributed by atoms with Gasteiger partial charge in [-0.1, -0.05) is 41.9 Å². The molecule has 2 N–H and O–H groups in total. The lowest BCUT2D eigenvalue weighted by atomic mass is 9.99. The number of nitrogens with two attached hydrogens (primary N) is 1. The van der Waals surface area contributed by atoms with Crippen LogP contribution in [0.3, 0.4) is 0 Å². The molecule has 2 heterocycles. The summed E-state index contributed by atoms with van der Waals surface area (Å²) in [6.45, 7) is 0. The van der Waals surface area contributed by atoms with Crippen LogP contribution in [-0.2, 0) is 4.84 Å². The van der Waals surface area contributed by atoms with Crippen LogP contribution in [-0.4, -0.2) is 23.7 Å². The monoisotopic (exact) mass is 271 g/mol. The van der Waals surface area contributed by atoms with Gasteiger partial charge in [0.2, 0.25) is 0 Å². The third kappa shape index (κ3) is 3.18. The highest BCUT2D eigenvalue weighted by Gasteiger charge is 2.26. The van der Waals surface area contributed by atoms with Crippen LogP contribution in [0.1, 0.15) is 44.1 Å². The lowest BCUT2D eigenvalue weighted by Gasteiger charge is -2.14. The Morgan fingerprint density at radius 1 is 1.20 bits per heavy atom. The van der Waals surface area contributed by atoms with E-state index >= 15 is 0 Å². The molecule has 2 aliphatic heterocycles. The Hall–Kier alpha value is -1.84. The predicted octanol–water partition coefficient (Wildman–Crippen LogP) is 2.87. The van der Waals surface area contributed by atoms with Crippen molar-refractivity contribution >= 4 is 11.5 Å². The number of amidine groups is 1. The molecule has 0 aromatic heterocycles. The minimum atomic E-state index is 0.143. The zero-order valence-corrected chi connectivity index (χ0v) is 11.7. The lowest BCUT2D eigenvalue weighted by molar-refractivity contribution is 0.0734. The van der Waals surface area contributed by atoms with E-state index < -0.39 is 0 Å². The molecule has 2 atom stereocenters. The number of aliphatic imine (C=N–C) groups is 1. The topological polar surface area (TPSA) is 60.0 Å². The molecule has 0 amide bonds. The number of hydrogen-bond acceptors (Lipinski definition) is 4. The average Bonchev–Trinajstić information content (AvgIpc) is 2.83. The van der Waals surface area contributed by atoms with Crippen LogP contribution < -0.4 is 5.73 Å². The van der Waals surface area contributed by atoms with Crippen LogP contribution in [0.5, 0.6) is 0 Å². The fourth-order valence-corrected chi connectivity index (χ4v) is 2.88. The van der Waals surface area contributed by atoms with Crippen molar-refractivity contribution in [2.24, 2.45) is 15.9 Å². The molecule has 1 aromatic carbocycles. The lowest BCUT2D eigenvalue weighted by Crippen LogP contribution is -2.19. The quantitative estimate of drug-likeness (QED) is 0.919. The highest BCUT2D eigenvalue weighted by molar-refractivity contribution is 6.01. The van der Waals surface area contributed by atoms with E-state index in [0.29, 0.717) is 6.04 Å². The van der Waals surface area contributed by atoms with Crippen molar-refractivity contribution in [3.63, 3.8) is 0 Å².